The van der Waals surface area contributed by atoms with Crippen LogP contribution in [0.1, 0.15) is 53.4 Å². The highest BCUT2D eigenvalue weighted by molar-refractivity contribution is 4.81. The van der Waals surface area contributed by atoms with Crippen molar-refractivity contribution >= 4 is 0 Å². The summed E-state index contributed by atoms with van der Waals surface area (Å²) in [6.07, 6.45) is 4.72. The van der Waals surface area contributed by atoms with Crippen LogP contribution in [0.2, 0.25) is 0 Å². The smallest absolute Gasteiger partial charge is 0.0801 e. The summed E-state index contributed by atoms with van der Waals surface area (Å²) in [7, 11) is 0. The summed E-state index contributed by atoms with van der Waals surface area (Å²) in [6, 6.07) is 0. The third kappa shape index (κ3) is 4.52. The fourth-order valence-corrected chi connectivity index (χ4v) is 2.23. The molecular weight excluding hydrogens is 188 g/mol. The molecule has 0 radical (unpaired) electrons. The van der Waals surface area contributed by atoms with E-state index in [-0.39, 0.29) is 12.2 Å². The Labute approximate surface area is 94.0 Å². The fraction of sp³-hybridized carbons (Fsp3) is 1.00. The van der Waals surface area contributed by atoms with E-state index >= 15 is 0 Å². The van der Waals surface area contributed by atoms with Gasteiger partial charge in [-0.15, -0.1) is 0 Å². The van der Waals surface area contributed by atoms with Crippen molar-refractivity contribution in [3.63, 3.8) is 0 Å². The molecule has 2 nitrogen and oxygen atoms in total. The third-order valence-corrected chi connectivity index (χ3v) is 3.53. The van der Waals surface area contributed by atoms with Gasteiger partial charge in [0, 0.05) is 0 Å². The highest BCUT2D eigenvalue weighted by Gasteiger charge is 2.30. The molecule has 0 aliphatic heterocycles. The van der Waals surface area contributed by atoms with Crippen LogP contribution in [0.5, 0.6) is 0 Å². The molecule has 0 spiro atoms. The molecule has 0 amide bonds. The average Bonchev–Trinajstić information content (AvgIpc) is 2.14. The molecule has 0 aromatic carbocycles. The predicted molar refractivity (Wildman–Crippen MR) is 62.8 cm³/mol. The molecule has 1 unspecified atom stereocenters. The maximum Gasteiger partial charge on any atom is 0.0801 e. The third-order valence-electron chi connectivity index (χ3n) is 3.53. The van der Waals surface area contributed by atoms with E-state index in [1.165, 1.54) is 12.8 Å². The maximum atomic E-state index is 9.97. The van der Waals surface area contributed by atoms with E-state index in [0.29, 0.717) is 17.9 Å². The largest absolute Gasteiger partial charge is 0.390 e. The molecule has 1 N–H and O–H groups in total. The molecule has 1 aliphatic carbocycles. The van der Waals surface area contributed by atoms with Crippen molar-refractivity contribution in [2.45, 2.75) is 65.6 Å². The van der Waals surface area contributed by atoms with E-state index in [1.807, 2.05) is 13.8 Å². The monoisotopic (exact) mass is 214 g/mol. The highest BCUT2D eigenvalue weighted by atomic mass is 16.5. The molecule has 1 rings (SSSR count). The lowest BCUT2D eigenvalue weighted by atomic mass is 9.72. The van der Waals surface area contributed by atoms with Gasteiger partial charge in [0.1, 0.15) is 0 Å². The number of hydrogen-bond acceptors (Lipinski definition) is 2. The molecule has 15 heavy (non-hydrogen) atoms. The Bertz CT molecular complexity index is 177. The Morgan fingerprint density at radius 1 is 1.27 bits per heavy atom. The number of rotatable bonds is 4. The lowest BCUT2D eigenvalue weighted by Crippen LogP contribution is -2.32. The zero-order valence-corrected chi connectivity index (χ0v) is 10.6. The first-order chi connectivity index (χ1) is 6.91. The first kappa shape index (κ1) is 13.0. The van der Waals surface area contributed by atoms with Crippen molar-refractivity contribution in [3.8, 4) is 0 Å². The minimum absolute atomic E-state index is 0.222. The van der Waals surface area contributed by atoms with Gasteiger partial charge in [-0.1, -0.05) is 13.8 Å². The molecular formula is C13H26O2. The van der Waals surface area contributed by atoms with Gasteiger partial charge >= 0.3 is 0 Å². The number of hydrogen-bond donors (Lipinski definition) is 1. The van der Waals surface area contributed by atoms with Crippen molar-refractivity contribution in [2.24, 2.45) is 11.3 Å². The Hall–Kier alpha value is -0.0800. The van der Waals surface area contributed by atoms with E-state index in [1.54, 1.807) is 0 Å². The van der Waals surface area contributed by atoms with Crippen molar-refractivity contribution < 1.29 is 9.84 Å². The van der Waals surface area contributed by atoms with Gasteiger partial charge in [0.05, 0.1) is 18.8 Å². The minimum atomic E-state index is -0.261. The van der Waals surface area contributed by atoms with Crippen LogP contribution in [0.4, 0.5) is 0 Å². The predicted octanol–water partition coefficient (Wildman–Crippen LogP) is 2.99. The maximum absolute atomic E-state index is 9.97. The summed E-state index contributed by atoms with van der Waals surface area (Å²) >= 11 is 0. The zero-order valence-electron chi connectivity index (χ0n) is 10.6. The van der Waals surface area contributed by atoms with Crippen LogP contribution in [0.3, 0.4) is 0 Å². The zero-order chi connectivity index (χ0) is 11.5. The second kappa shape index (κ2) is 5.31. The van der Waals surface area contributed by atoms with Gasteiger partial charge in [-0.2, -0.15) is 0 Å². The van der Waals surface area contributed by atoms with E-state index < -0.39 is 0 Å². The quantitative estimate of drug-likeness (QED) is 0.779. The molecule has 0 aromatic rings. The van der Waals surface area contributed by atoms with Gasteiger partial charge in [-0.05, 0) is 50.9 Å². The van der Waals surface area contributed by atoms with E-state index in [2.05, 4.69) is 13.8 Å². The Morgan fingerprint density at radius 3 is 2.27 bits per heavy atom. The second-order valence-corrected chi connectivity index (χ2v) is 5.95. The van der Waals surface area contributed by atoms with Crippen LogP contribution in [0, 0.1) is 11.3 Å². The normalized spacial score (nSPS) is 24.4. The molecule has 2 heteroatoms. The minimum Gasteiger partial charge on any atom is -0.390 e. The van der Waals surface area contributed by atoms with Crippen molar-refractivity contribution in [1.29, 1.82) is 0 Å². The summed E-state index contributed by atoms with van der Waals surface area (Å²) in [5, 5.41) is 9.97. The van der Waals surface area contributed by atoms with E-state index in [4.69, 9.17) is 4.74 Å². The van der Waals surface area contributed by atoms with Gasteiger partial charge in [0.2, 0.25) is 0 Å². The SMILES string of the molecule is CC(C)OCC(O)C1CCC(C)(C)CC1. The van der Waals surface area contributed by atoms with Gasteiger partial charge in [-0.25, -0.2) is 0 Å². The lowest BCUT2D eigenvalue weighted by Gasteiger charge is -2.36. The van der Waals surface area contributed by atoms with Gasteiger partial charge in [0.25, 0.3) is 0 Å². The summed E-state index contributed by atoms with van der Waals surface area (Å²) in [6.45, 7) is 9.16. The Balaban J connectivity index is 2.27. The first-order valence-corrected chi connectivity index (χ1v) is 6.20. The molecule has 0 saturated heterocycles. The van der Waals surface area contributed by atoms with Crippen molar-refractivity contribution in [2.75, 3.05) is 6.61 Å². The standard InChI is InChI=1S/C13H26O2/c1-10(2)15-9-12(14)11-5-7-13(3,4)8-6-11/h10-12,14H,5-9H2,1-4H3. The van der Waals surface area contributed by atoms with Crippen LogP contribution in [-0.4, -0.2) is 23.9 Å². The summed E-state index contributed by atoms with van der Waals surface area (Å²) < 4.78 is 5.46. The topological polar surface area (TPSA) is 29.5 Å². The molecule has 1 saturated carbocycles. The molecule has 0 heterocycles. The summed E-state index contributed by atoms with van der Waals surface area (Å²) in [5.41, 5.74) is 0.481. The number of aliphatic hydroxyl groups excluding tert-OH is 1. The van der Waals surface area contributed by atoms with E-state index in [0.717, 1.165) is 12.8 Å². The Kier molecular flexibility index (Phi) is 4.60. The molecule has 90 valence electrons. The van der Waals surface area contributed by atoms with Crippen LogP contribution >= 0.6 is 0 Å². The van der Waals surface area contributed by atoms with Crippen LogP contribution in [0.25, 0.3) is 0 Å². The highest BCUT2D eigenvalue weighted by Crippen LogP contribution is 2.39. The van der Waals surface area contributed by atoms with Gasteiger partial charge in [0.15, 0.2) is 0 Å². The summed E-state index contributed by atoms with van der Waals surface area (Å²) in [5.74, 6) is 0.455. The van der Waals surface area contributed by atoms with Gasteiger partial charge < -0.3 is 9.84 Å². The summed E-state index contributed by atoms with van der Waals surface area (Å²) in [4.78, 5) is 0. The Morgan fingerprint density at radius 2 is 1.80 bits per heavy atom. The van der Waals surface area contributed by atoms with Gasteiger partial charge in [-0.3, -0.25) is 0 Å². The van der Waals surface area contributed by atoms with Crippen LogP contribution in [-0.2, 0) is 4.74 Å². The molecule has 1 aliphatic rings. The lowest BCUT2D eigenvalue weighted by molar-refractivity contribution is -0.0339. The van der Waals surface area contributed by atoms with E-state index in [9.17, 15) is 5.11 Å². The van der Waals surface area contributed by atoms with Crippen molar-refractivity contribution in [3.05, 3.63) is 0 Å². The van der Waals surface area contributed by atoms with Crippen molar-refractivity contribution in [1.82, 2.24) is 0 Å². The molecule has 1 atom stereocenters. The first-order valence-electron chi connectivity index (χ1n) is 6.20. The fourth-order valence-electron chi connectivity index (χ4n) is 2.23. The van der Waals surface area contributed by atoms with Crippen LogP contribution < -0.4 is 0 Å². The molecule has 1 fully saturated rings. The number of ether oxygens (including phenoxy) is 1. The molecule has 0 bridgehead atoms. The second-order valence-electron chi connectivity index (χ2n) is 5.95. The number of aliphatic hydroxyl groups is 1. The van der Waals surface area contributed by atoms with Crippen LogP contribution in [0.15, 0.2) is 0 Å². The average molecular weight is 214 g/mol. The molecule has 0 aromatic heterocycles.